The van der Waals surface area contributed by atoms with Gasteiger partial charge in [-0.15, -0.1) is 0 Å². The van der Waals surface area contributed by atoms with Gasteiger partial charge in [-0.25, -0.2) is 13.8 Å². The van der Waals surface area contributed by atoms with Gasteiger partial charge in [-0.2, -0.15) is 0 Å². The van der Waals surface area contributed by atoms with Crippen LogP contribution in [0.15, 0.2) is 30.7 Å². The van der Waals surface area contributed by atoms with E-state index in [0.717, 1.165) is 6.07 Å². The molecule has 0 aliphatic carbocycles. The zero-order chi connectivity index (χ0) is 11.7. The van der Waals surface area contributed by atoms with Crippen molar-refractivity contribution in [3.05, 3.63) is 53.6 Å². The molecular weight excluding hydrogens is 214 g/mol. The molecule has 0 amide bonds. The van der Waals surface area contributed by atoms with Gasteiger partial charge < -0.3 is 9.67 Å². The monoisotopic (exact) mass is 224 g/mol. The molecule has 0 spiro atoms. The van der Waals surface area contributed by atoms with Crippen LogP contribution in [0.2, 0.25) is 0 Å². The molecule has 0 saturated carbocycles. The van der Waals surface area contributed by atoms with Crippen molar-refractivity contribution in [3.63, 3.8) is 0 Å². The van der Waals surface area contributed by atoms with Crippen LogP contribution in [0.5, 0.6) is 0 Å². The van der Waals surface area contributed by atoms with Gasteiger partial charge in [-0.05, 0) is 6.07 Å². The molecule has 1 unspecified atom stereocenters. The predicted molar refractivity (Wildman–Crippen MR) is 53.6 cm³/mol. The van der Waals surface area contributed by atoms with Crippen molar-refractivity contribution < 1.29 is 13.9 Å². The summed E-state index contributed by atoms with van der Waals surface area (Å²) in [4.78, 5) is 3.81. The van der Waals surface area contributed by atoms with Crippen LogP contribution in [0.25, 0.3) is 0 Å². The number of aliphatic hydroxyl groups excluding tert-OH is 1. The largest absolute Gasteiger partial charge is 0.382 e. The molecule has 5 heteroatoms. The van der Waals surface area contributed by atoms with Crippen molar-refractivity contribution in [2.45, 2.75) is 6.10 Å². The highest BCUT2D eigenvalue weighted by molar-refractivity contribution is 5.27. The molecule has 1 atom stereocenters. The van der Waals surface area contributed by atoms with Crippen molar-refractivity contribution in [2.24, 2.45) is 7.05 Å². The van der Waals surface area contributed by atoms with E-state index >= 15 is 0 Å². The van der Waals surface area contributed by atoms with Crippen LogP contribution in [0.4, 0.5) is 8.78 Å². The normalized spacial score (nSPS) is 12.8. The first-order chi connectivity index (χ1) is 7.61. The number of aliphatic hydroxyl groups is 1. The second kappa shape index (κ2) is 4.02. The summed E-state index contributed by atoms with van der Waals surface area (Å²) in [5.74, 6) is -2.00. The van der Waals surface area contributed by atoms with Gasteiger partial charge in [0.2, 0.25) is 0 Å². The Morgan fingerprint density at radius 3 is 2.75 bits per heavy atom. The number of benzene rings is 1. The molecule has 0 aliphatic heterocycles. The first-order valence-electron chi connectivity index (χ1n) is 4.69. The highest BCUT2D eigenvalue weighted by Crippen LogP contribution is 2.24. The maximum Gasteiger partial charge on any atom is 0.165 e. The van der Waals surface area contributed by atoms with E-state index in [4.69, 9.17) is 0 Å². The van der Waals surface area contributed by atoms with Crippen LogP contribution in [0, 0.1) is 11.6 Å². The lowest BCUT2D eigenvalue weighted by Crippen LogP contribution is -2.08. The highest BCUT2D eigenvalue weighted by Gasteiger charge is 2.19. The molecule has 0 bridgehead atoms. The average Bonchev–Trinajstić information content (AvgIpc) is 2.68. The van der Waals surface area contributed by atoms with Gasteiger partial charge >= 0.3 is 0 Å². The summed E-state index contributed by atoms with van der Waals surface area (Å²) in [5, 5.41) is 9.90. The minimum absolute atomic E-state index is 0.0939. The average molecular weight is 224 g/mol. The number of hydrogen-bond acceptors (Lipinski definition) is 2. The number of rotatable bonds is 2. The Hall–Kier alpha value is -1.75. The Bertz CT molecular complexity index is 510. The summed E-state index contributed by atoms with van der Waals surface area (Å²) >= 11 is 0. The summed E-state index contributed by atoms with van der Waals surface area (Å²) < 4.78 is 27.9. The topological polar surface area (TPSA) is 38.0 Å². The van der Waals surface area contributed by atoms with Crippen LogP contribution in [-0.4, -0.2) is 14.7 Å². The number of halogens is 2. The van der Waals surface area contributed by atoms with E-state index in [2.05, 4.69) is 4.98 Å². The third-order valence-electron chi connectivity index (χ3n) is 2.41. The molecule has 1 aromatic heterocycles. The fraction of sp³-hybridized carbons (Fsp3) is 0.182. The Morgan fingerprint density at radius 2 is 2.12 bits per heavy atom. The second-order valence-electron chi connectivity index (χ2n) is 3.47. The predicted octanol–water partition coefficient (Wildman–Crippen LogP) is 1.78. The molecule has 1 heterocycles. The number of aromatic nitrogens is 2. The first kappa shape index (κ1) is 10.8. The van der Waals surface area contributed by atoms with Gasteiger partial charge in [-0.3, -0.25) is 0 Å². The molecule has 84 valence electrons. The maximum absolute atomic E-state index is 13.4. The molecule has 2 aromatic rings. The van der Waals surface area contributed by atoms with E-state index in [1.54, 1.807) is 11.6 Å². The third-order valence-corrected chi connectivity index (χ3v) is 2.41. The Kier molecular flexibility index (Phi) is 2.70. The van der Waals surface area contributed by atoms with E-state index in [-0.39, 0.29) is 5.56 Å². The van der Waals surface area contributed by atoms with Crippen molar-refractivity contribution in [2.75, 3.05) is 0 Å². The van der Waals surface area contributed by atoms with Gasteiger partial charge in [0.15, 0.2) is 11.6 Å². The van der Waals surface area contributed by atoms with Gasteiger partial charge in [0.05, 0.1) is 18.2 Å². The standard InChI is InChI=1S/C11H10F2N2O/c1-15-6-14-5-9(15)11(16)7-3-2-4-8(12)10(7)13/h2-6,11,16H,1H3. The molecule has 0 radical (unpaired) electrons. The smallest absolute Gasteiger partial charge is 0.165 e. The first-order valence-corrected chi connectivity index (χ1v) is 4.69. The highest BCUT2D eigenvalue weighted by atomic mass is 19.2. The van der Waals surface area contributed by atoms with Gasteiger partial charge in [0, 0.05) is 12.6 Å². The summed E-state index contributed by atoms with van der Waals surface area (Å²) in [6, 6.07) is 3.71. The number of imidazole rings is 1. The van der Waals surface area contributed by atoms with Crippen molar-refractivity contribution in [3.8, 4) is 0 Å². The van der Waals surface area contributed by atoms with Crippen molar-refractivity contribution >= 4 is 0 Å². The summed E-state index contributed by atoms with van der Waals surface area (Å²) in [5.41, 5.74) is 0.313. The zero-order valence-corrected chi connectivity index (χ0v) is 8.56. The fourth-order valence-corrected chi connectivity index (χ4v) is 1.52. The summed E-state index contributed by atoms with van der Waals surface area (Å²) in [7, 11) is 1.67. The van der Waals surface area contributed by atoms with E-state index in [9.17, 15) is 13.9 Å². The third kappa shape index (κ3) is 1.69. The summed E-state index contributed by atoms with van der Waals surface area (Å²) in [6.07, 6.45) is 1.67. The zero-order valence-electron chi connectivity index (χ0n) is 8.56. The van der Waals surface area contributed by atoms with E-state index in [0.29, 0.717) is 5.69 Å². The van der Waals surface area contributed by atoms with E-state index in [1.165, 1.54) is 24.7 Å². The van der Waals surface area contributed by atoms with Crippen molar-refractivity contribution in [1.29, 1.82) is 0 Å². The Labute approximate surface area is 91.0 Å². The lowest BCUT2D eigenvalue weighted by molar-refractivity contribution is 0.205. The molecule has 16 heavy (non-hydrogen) atoms. The van der Waals surface area contributed by atoms with Gasteiger partial charge in [-0.1, -0.05) is 12.1 Å². The number of hydrogen-bond donors (Lipinski definition) is 1. The second-order valence-corrected chi connectivity index (χ2v) is 3.47. The quantitative estimate of drug-likeness (QED) is 0.844. The maximum atomic E-state index is 13.4. The molecule has 2 rings (SSSR count). The molecule has 1 aromatic carbocycles. The molecule has 1 N–H and O–H groups in total. The molecular formula is C11H10F2N2O. The molecule has 3 nitrogen and oxygen atoms in total. The van der Waals surface area contributed by atoms with Crippen LogP contribution >= 0.6 is 0 Å². The van der Waals surface area contributed by atoms with Crippen LogP contribution < -0.4 is 0 Å². The minimum Gasteiger partial charge on any atom is -0.382 e. The SMILES string of the molecule is Cn1cncc1C(O)c1cccc(F)c1F. The lowest BCUT2D eigenvalue weighted by atomic mass is 10.1. The molecule has 0 aliphatic rings. The van der Waals surface area contributed by atoms with E-state index in [1.807, 2.05) is 0 Å². The van der Waals surface area contributed by atoms with Crippen LogP contribution in [0.1, 0.15) is 17.4 Å². The number of aryl methyl sites for hydroxylation is 1. The van der Waals surface area contributed by atoms with E-state index < -0.39 is 17.7 Å². The molecule has 0 saturated heterocycles. The summed E-state index contributed by atoms with van der Waals surface area (Å²) in [6.45, 7) is 0. The Morgan fingerprint density at radius 1 is 1.38 bits per heavy atom. The van der Waals surface area contributed by atoms with Crippen LogP contribution in [-0.2, 0) is 7.05 Å². The molecule has 0 fully saturated rings. The van der Waals surface area contributed by atoms with Gasteiger partial charge in [0.1, 0.15) is 6.10 Å². The lowest BCUT2D eigenvalue weighted by Gasteiger charge is -2.12. The minimum atomic E-state index is -1.22. The fourth-order valence-electron chi connectivity index (χ4n) is 1.52. The Balaban J connectivity index is 2.46. The van der Waals surface area contributed by atoms with Crippen molar-refractivity contribution in [1.82, 2.24) is 9.55 Å². The number of nitrogens with zero attached hydrogens (tertiary/aromatic N) is 2. The van der Waals surface area contributed by atoms with Gasteiger partial charge in [0.25, 0.3) is 0 Å². The van der Waals surface area contributed by atoms with Crippen LogP contribution in [0.3, 0.4) is 0 Å².